The van der Waals surface area contributed by atoms with E-state index in [4.69, 9.17) is 10.5 Å². The number of carbonyl (C=O) groups excluding carboxylic acids is 1. The third-order valence-electron chi connectivity index (χ3n) is 6.07. The molecule has 0 spiro atoms. The first-order valence-electron chi connectivity index (χ1n) is 9.36. The fourth-order valence-corrected chi connectivity index (χ4v) is 3.57. The van der Waals surface area contributed by atoms with Crippen LogP contribution >= 0.6 is 12.4 Å². The molecule has 1 fully saturated rings. The van der Waals surface area contributed by atoms with E-state index < -0.39 is 5.54 Å². The molecule has 1 aliphatic carbocycles. The van der Waals surface area contributed by atoms with Gasteiger partial charge in [-0.15, -0.1) is 12.4 Å². The van der Waals surface area contributed by atoms with Crippen LogP contribution in [-0.2, 0) is 21.4 Å². The van der Waals surface area contributed by atoms with Crippen LogP contribution in [0.4, 0.5) is 0 Å². The van der Waals surface area contributed by atoms with Crippen LogP contribution in [0.3, 0.4) is 0 Å². The summed E-state index contributed by atoms with van der Waals surface area (Å²) in [4.78, 5) is 12.8. The third-order valence-corrected chi connectivity index (χ3v) is 6.07. The molecule has 0 heterocycles. The Kier molecular flexibility index (Phi) is 7.31. The summed E-state index contributed by atoms with van der Waals surface area (Å²) in [6.45, 7) is 13.7. The molecular weight excluding hydrogens is 348 g/mol. The first kappa shape index (κ1) is 22.9. The summed E-state index contributed by atoms with van der Waals surface area (Å²) in [6, 6.07) is 8.62. The first-order valence-corrected chi connectivity index (χ1v) is 9.36. The quantitative estimate of drug-likeness (QED) is 0.757. The van der Waals surface area contributed by atoms with E-state index in [1.54, 1.807) is 0 Å². The van der Waals surface area contributed by atoms with E-state index in [0.29, 0.717) is 19.6 Å². The van der Waals surface area contributed by atoms with Gasteiger partial charge in [0.25, 0.3) is 0 Å². The highest BCUT2D eigenvalue weighted by Gasteiger charge is 2.62. The van der Waals surface area contributed by atoms with Gasteiger partial charge in [0.05, 0.1) is 6.10 Å². The maximum absolute atomic E-state index is 12.8. The van der Waals surface area contributed by atoms with Gasteiger partial charge >= 0.3 is 0 Å². The summed E-state index contributed by atoms with van der Waals surface area (Å²) in [7, 11) is 0. The molecule has 1 aromatic rings. The molecule has 3 N–H and O–H groups in total. The van der Waals surface area contributed by atoms with Gasteiger partial charge in [-0.05, 0) is 24.5 Å². The van der Waals surface area contributed by atoms with E-state index in [9.17, 15) is 4.79 Å². The highest BCUT2D eigenvalue weighted by Crippen LogP contribution is 2.49. The Morgan fingerprint density at radius 1 is 1.27 bits per heavy atom. The maximum Gasteiger partial charge on any atom is 0.240 e. The smallest absolute Gasteiger partial charge is 0.240 e. The second-order valence-corrected chi connectivity index (χ2v) is 8.46. The zero-order chi connectivity index (χ0) is 18.9. The van der Waals surface area contributed by atoms with Crippen molar-refractivity contribution in [3.8, 4) is 0 Å². The molecule has 2 atom stereocenters. The van der Waals surface area contributed by atoms with Crippen LogP contribution in [-0.4, -0.2) is 30.7 Å². The highest BCUT2D eigenvalue weighted by molar-refractivity contribution is 5.88. The number of aryl methyl sites for hydroxylation is 1. The number of nitrogens with two attached hydrogens (primary N) is 1. The van der Waals surface area contributed by atoms with Crippen molar-refractivity contribution in [1.29, 1.82) is 0 Å². The van der Waals surface area contributed by atoms with Gasteiger partial charge in [0.2, 0.25) is 5.91 Å². The summed E-state index contributed by atoms with van der Waals surface area (Å²) in [5.41, 5.74) is 7.62. The van der Waals surface area contributed by atoms with Gasteiger partial charge in [-0.25, -0.2) is 0 Å². The van der Waals surface area contributed by atoms with Crippen molar-refractivity contribution in [2.45, 2.75) is 71.4 Å². The van der Waals surface area contributed by atoms with E-state index in [0.717, 1.165) is 6.42 Å². The van der Waals surface area contributed by atoms with Crippen molar-refractivity contribution < 1.29 is 9.53 Å². The van der Waals surface area contributed by atoms with Gasteiger partial charge in [0, 0.05) is 30.4 Å². The van der Waals surface area contributed by atoms with E-state index in [1.807, 2.05) is 20.8 Å². The fraction of sp³-hybridized carbons (Fsp3) is 0.667. The van der Waals surface area contributed by atoms with Crippen molar-refractivity contribution in [3.05, 3.63) is 35.4 Å². The number of benzene rings is 1. The van der Waals surface area contributed by atoms with Crippen LogP contribution in [0.25, 0.3) is 0 Å². The van der Waals surface area contributed by atoms with Gasteiger partial charge in [0.1, 0.15) is 5.54 Å². The average Bonchev–Trinajstić information content (AvgIpc) is 2.59. The molecule has 0 aromatic heterocycles. The van der Waals surface area contributed by atoms with Crippen molar-refractivity contribution in [1.82, 2.24) is 5.32 Å². The molecule has 0 bridgehead atoms. The van der Waals surface area contributed by atoms with Gasteiger partial charge in [0.15, 0.2) is 0 Å². The molecule has 0 aliphatic heterocycles. The number of carbonyl (C=O) groups is 1. The lowest BCUT2D eigenvalue weighted by molar-refractivity contribution is -0.170. The number of hydrogen-bond acceptors (Lipinski definition) is 3. The summed E-state index contributed by atoms with van der Waals surface area (Å²) < 4.78 is 5.72. The second-order valence-electron chi connectivity index (χ2n) is 8.46. The van der Waals surface area contributed by atoms with Crippen molar-refractivity contribution in [3.63, 3.8) is 0 Å². The number of hydrogen-bond donors (Lipinski definition) is 2. The highest BCUT2D eigenvalue weighted by atomic mass is 35.5. The lowest BCUT2D eigenvalue weighted by Crippen LogP contribution is -2.76. The minimum Gasteiger partial charge on any atom is -0.378 e. The van der Waals surface area contributed by atoms with E-state index in [2.05, 4.69) is 50.4 Å². The van der Waals surface area contributed by atoms with Gasteiger partial charge < -0.3 is 15.8 Å². The maximum atomic E-state index is 12.8. The summed E-state index contributed by atoms with van der Waals surface area (Å²) in [5.74, 6) is -0.0771. The summed E-state index contributed by atoms with van der Waals surface area (Å²) in [5, 5.41) is 3.09. The Morgan fingerprint density at radius 2 is 1.85 bits per heavy atom. The third kappa shape index (κ3) is 4.08. The molecule has 26 heavy (non-hydrogen) atoms. The molecule has 1 amide bonds. The molecule has 0 saturated heterocycles. The van der Waals surface area contributed by atoms with Gasteiger partial charge in [-0.1, -0.05) is 58.9 Å². The lowest BCUT2D eigenvalue weighted by Gasteiger charge is -2.57. The molecule has 2 rings (SSSR count). The number of halogens is 1. The topological polar surface area (TPSA) is 64.3 Å². The fourth-order valence-electron chi connectivity index (χ4n) is 3.57. The number of amides is 1. The zero-order valence-corrected chi connectivity index (χ0v) is 17.8. The predicted octanol–water partition coefficient (Wildman–Crippen LogP) is 3.60. The van der Waals surface area contributed by atoms with Crippen LogP contribution in [0.15, 0.2) is 24.3 Å². The van der Waals surface area contributed by atoms with Crippen LogP contribution < -0.4 is 11.1 Å². The minimum absolute atomic E-state index is 0. The van der Waals surface area contributed by atoms with E-state index in [-0.39, 0.29) is 35.2 Å². The largest absolute Gasteiger partial charge is 0.378 e. The predicted molar refractivity (Wildman–Crippen MR) is 110 cm³/mol. The van der Waals surface area contributed by atoms with Crippen molar-refractivity contribution in [2.75, 3.05) is 13.2 Å². The Balaban J connectivity index is 0.00000338. The van der Waals surface area contributed by atoms with Crippen LogP contribution in [0.1, 0.15) is 59.1 Å². The van der Waals surface area contributed by atoms with Crippen molar-refractivity contribution >= 4 is 18.3 Å². The zero-order valence-electron chi connectivity index (χ0n) is 17.0. The normalized spacial score (nSPS) is 24.3. The number of ether oxygens (including phenoxy) is 1. The molecule has 1 aliphatic rings. The Labute approximate surface area is 164 Å². The van der Waals surface area contributed by atoms with E-state index in [1.165, 1.54) is 11.1 Å². The molecular formula is C21H35ClN2O2. The SMILES string of the molecule is CCOC1CC(N)(C(=O)NCC(C)(C)c2ccc(CC)cc2)C1(C)C.Cl. The van der Waals surface area contributed by atoms with E-state index >= 15 is 0 Å². The first-order chi connectivity index (χ1) is 11.6. The van der Waals surface area contributed by atoms with Crippen molar-refractivity contribution in [2.24, 2.45) is 11.1 Å². The number of nitrogens with one attached hydrogen (secondary N) is 1. The van der Waals surface area contributed by atoms with Crippen LogP contribution in [0, 0.1) is 5.41 Å². The van der Waals surface area contributed by atoms with Crippen LogP contribution in [0.5, 0.6) is 0 Å². The molecule has 5 heteroatoms. The Bertz CT molecular complexity index is 613. The van der Waals surface area contributed by atoms with Gasteiger partial charge in [-0.2, -0.15) is 0 Å². The second kappa shape index (κ2) is 8.28. The molecule has 148 valence electrons. The summed E-state index contributed by atoms with van der Waals surface area (Å²) >= 11 is 0. The summed E-state index contributed by atoms with van der Waals surface area (Å²) in [6.07, 6.45) is 1.65. The number of rotatable bonds is 7. The minimum atomic E-state index is -0.866. The molecule has 1 aromatic carbocycles. The molecule has 2 unspecified atom stereocenters. The molecule has 1 saturated carbocycles. The standard InChI is InChI=1S/C21H34N2O2.ClH/c1-7-15-9-11-16(12-10-15)19(3,4)14-23-18(24)21(22)13-17(25-8-2)20(21,5)6;/h9-12,17H,7-8,13-14,22H2,1-6H3,(H,23,24);1H. The lowest BCUT2D eigenvalue weighted by atomic mass is 9.54. The Morgan fingerprint density at radius 3 is 2.31 bits per heavy atom. The van der Waals surface area contributed by atoms with Crippen LogP contribution in [0.2, 0.25) is 0 Å². The molecule has 0 radical (unpaired) electrons. The Hall–Kier alpha value is -1.10. The monoisotopic (exact) mass is 382 g/mol. The van der Waals surface area contributed by atoms with Gasteiger partial charge in [-0.3, -0.25) is 4.79 Å². The molecule has 4 nitrogen and oxygen atoms in total. The average molecular weight is 383 g/mol.